The number of halogens is 2. The van der Waals surface area contributed by atoms with E-state index in [0.717, 1.165) is 17.9 Å². The molecule has 1 N–H and O–H groups in total. The zero-order chi connectivity index (χ0) is 16.7. The smallest absolute Gasteiger partial charge is 0.224 e. The van der Waals surface area contributed by atoms with E-state index in [1.807, 2.05) is 0 Å². The largest absolute Gasteiger partial charge is 0.497 e. The number of rotatable bonds is 7. The second kappa shape index (κ2) is 8.12. The van der Waals surface area contributed by atoms with Crippen molar-refractivity contribution in [2.24, 2.45) is 0 Å². The number of benzene rings is 2. The predicted octanol–water partition coefficient (Wildman–Crippen LogP) is 3.77. The van der Waals surface area contributed by atoms with Gasteiger partial charge in [-0.05, 0) is 42.8 Å². The number of hydrogen-bond donors (Lipinski definition) is 1. The van der Waals surface area contributed by atoms with E-state index in [2.05, 4.69) is 5.32 Å². The number of carbonyl (C=O) groups is 1. The van der Waals surface area contributed by atoms with Gasteiger partial charge in [-0.2, -0.15) is 0 Å². The summed E-state index contributed by atoms with van der Waals surface area (Å²) in [7, 11) is 1.58. The van der Waals surface area contributed by atoms with Gasteiger partial charge in [0.1, 0.15) is 28.8 Å². The van der Waals surface area contributed by atoms with Crippen molar-refractivity contribution in [3.05, 3.63) is 54.1 Å². The van der Waals surface area contributed by atoms with E-state index in [-0.39, 0.29) is 6.42 Å². The van der Waals surface area contributed by atoms with E-state index < -0.39 is 23.2 Å². The van der Waals surface area contributed by atoms with E-state index >= 15 is 0 Å². The Labute approximate surface area is 133 Å². The first kappa shape index (κ1) is 16.7. The molecule has 0 aliphatic heterocycles. The van der Waals surface area contributed by atoms with Crippen molar-refractivity contribution in [2.75, 3.05) is 19.0 Å². The zero-order valence-corrected chi connectivity index (χ0v) is 12.6. The third-order valence-corrected chi connectivity index (χ3v) is 3.10. The van der Waals surface area contributed by atoms with Crippen LogP contribution in [0.4, 0.5) is 14.5 Å². The van der Waals surface area contributed by atoms with Crippen molar-refractivity contribution in [1.29, 1.82) is 0 Å². The van der Waals surface area contributed by atoms with Crippen LogP contribution >= 0.6 is 0 Å². The van der Waals surface area contributed by atoms with Crippen molar-refractivity contribution in [3.8, 4) is 11.5 Å². The fourth-order valence-electron chi connectivity index (χ4n) is 1.91. The molecule has 122 valence electrons. The molecule has 2 rings (SSSR count). The van der Waals surface area contributed by atoms with Gasteiger partial charge < -0.3 is 14.8 Å². The number of hydrogen-bond acceptors (Lipinski definition) is 3. The Balaban J connectivity index is 1.74. The Morgan fingerprint density at radius 2 is 1.65 bits per heavy atom. The fourth-order valence-corrected chi connectivity index (χ4v) is 1.91. The summed E-state index contributed by atoms with van der Waals surface area (Å²) >= 11 is 0. The molecule has 0 atom stereocenters. The van der Waals surface area contributed by atoms with Crippen LogP contribution in [0.1, 0.15) is 12.8 Å². The normalized spacial score (nSPS) is 10.2. The number of nitrogens with one attached hydrogen (secondary N) is 1. The minimum Gasteiger partial charge on any atom is -0.497 e. The quantitative estimate of drug-likeness (QED) is 0.790. The van der Waals surface area contributed by atoms with Crippen LogP contribution in [0.3, 0.4) is 0 Å². The van der Waals surface area contributed by atoms with Gasteiger partial charge in [-0.1, -0.05) is 6.07 Å². The minimum absolute atomic E-state index is 0.101. The van der Waals surface area contributed by atoms with Gasteiger partial charge in [-0.3, -0.25) is 4.79 Å². The van der Waals surface area contributed by atoms with Crippen molar-refractivity contribution in [1.82, 2.24) is 0 Å². The summed E-state index contributed by atoms with van der Waals surface area (Å²) in [5.74, 6) is -0.678. The summed E-state index contributed by atoms with van der Waals surface area (Å²) in [4.78, 5) is 11.7. The molecule has 4 nitrogen and oxygen atoms in total. The molecule has 2 aromatic carbocycles. The third kappa shape index (κ3) is 4.95. The second-order valence-corrected chi connectivity index (χ2v) is 4.77. The highest BCUT2D eigenvalue weighted by atomic mass is 19.1. The van der Waals surface area contributed by atoms with E-state index in [0.29, 0.717) is 18.8 Å². The first-order valence-corrected chi connectivity index (χ1v) is 7.11. The van der Waals surface area contributed by atoms with Gasteiger partial charge in [0.25, 0.3) is 0 Å². The van der Waals surface area contributed by atoms with Crippen LogP contribution in [0.25, 0.3) is 0 Å². The van der Waals surface area contributed by atoms with Crippen LogP contribution in [0.15, 0.2) is 42.5 Å². The first-order chi connectivity index (χ1) is 11.1. The van der Waals surface area contributed by atoms with E-state index in [1.54, 1.807) is 31.4 Å². The lowest BCUT2D eigenvalue weighted by Crippen LogP contribution is -2.15. The van der Waals surface area contributed by atoms with E-state index in [9.17, 15) is 13.6 Å². The molecule has 1 amide bonds. The summed E-state index contributed by atoms with van der Waals surface area (Å²) in [5, 5.41) is 2.23. The summed E-state index contributed by atoms with van der Waals surface area (Å²) < 4.78 is 37.3. The molecular weight excluding hydrogens is 304 g/mol. The number of methoxy groups -OCH3 is 1. The summed E-state index contributed by atoms with van der Waals surface area (Å²) in [6, 6.07) is 10.5. The molecule has 0 heterocycles. The van der Waals surface area contributed by atoms with Gasteiger partial charge in [0.15, 0.2) is 0 Å². The van der Waals surface area contributed by atoms with Gasteiger partial charge in [-0.15, -0.1) is 0 Å². The lowest BCUT2D eigenvalue weighted by Gasteiger charge is -2.09. The molecule has 0 aromatic heterocycles. The molecular formula is C17H17F2NO3. The van der Waals surface area contributed by atoms with Gasteiger partial charge in [0, 0.05) is 6.42 Å². The van der Waals surface area contributed by atoms with Gasteiger partial charge in [-0.25, -0.2) is 8.78 Å². The molecule has 0 aliphatic rings. The molecule has 0 radical (unpaired) electrons. The lowest BCUT2D eigenvalue weighted by molar-refractivity contribution is -0.116. The van der Waals surface area contributed by atoms with E-state index in [1.165, 1.54) is 6.07 Å². The average molecular weight is 321 g/mol. The number of ether oxygens (including phenoxy) is 2. The van der Waals surface area contributed by atoms with Crippen LogP contribution in [-0.4, -0.2) is 19.6 Å². The third-order valence-electron chi connectivity index (χ3n) is 3.10. The molecule has 2 aromatic rings. The molecule has 0 unspecified atom stereocenters. The lowest BCUT2D eigenvalue weighted by atomic mass is 10.2. The molecule has 0 fully saturated rings. The molecule has 23 heavy (non-hydrogen) atoms. The van der Waals surface area contributed by atoms with Crippen LogP contribution in [0.2, 0.25) is 0 Å². The number of anilines is 1. The van der Waals surface area contributed by atoms with E-state index in [4.69, 9.17) is 9.47 Å². The Bertz CT molecular complexity index is 639. The van der Waals surface area contributed by atoms with Gasteiger partial charge in [0.2, 0.25) is 5.91 Å². The molecule has 6 heteroatoms. The van der Waals surface area contributed by atoms with Crippen molar-refractivity contribution < 1.29 is 23.0 Å². The van der Waals surface area contributed by atoms with Crippen molar-refractivity contribution >= 4 is 11.6 Å². The van der Waals surface area contributed by atoms with Gasteiger partial charge >= 0.3 is 0 Å². The second-order valence-electron chi connectivity index (χ2n) is 4.77. The standard InChI is InChI=1S/C17H17F2NO3/c1-22-12-7-9-13(10-8-12)23-11-3-6-16(21)20-17-14(18)4-2-5-15(17)19/h2,4-5,7-10H,3,6,11H2,1H3,(H,20,21). The Morgan fingerprint density at radius 3 is 2.26 bits per heavy atom. The number of carbonyl (C=O) groups excluding carboxylic acids is 1. The van der Waals surface area contributed by atoms with Crippen LogP contribution in [-0.2, 0) is 4.79 Å². The monoisotopic (exact) mass is 321 g/mol. The highest BCUT2D eigenvalue weighted by Crippen LogP contribution is 2.19. The maximum atomic E-state index is 13.4. The molecule has 0 saturated heterocycles. The summed E-state index contributed by atoms with van der Waals surface area (Å²) in [5.41, 5.74) is -0.423. The SMILES string of the molecule is COc1ccc(OCCCC(=O)Nc2c(F)cccc2F)cc1. The van der Waals surface area contributed by atoms with Crippen LogP contribution in [0.5, 0.6) is 11.5 Å². The fraction of sp³-hybridized carbons (Fsp3) is 0.235. The first-order valence-electron chi connectivity index (χ1n) is 7.11. The molecule has 0 bridgehead atoms. The van der Waals surface area contributed by atoms with Crippen molar-refractivity contribution in [2.45, 2.75) is 12.8 Å². The maximum absolute atomic E-state index is 13.4. The highest BCUT2D eigenvalue weighted by molar-refractivity contribution is 5.90. The Kier molecular flexibility index (Phi) is 5.91. The van der Waals surface area contributed by atoms with Crippen LogP contribution < -0.4 is 14.8 Å². The molecule has 0 spiro atoms. The number of para-hydroxylation sites is 1. The molecule has 0 saturated carbocycles. The predicted molar refractivity (Wildman–Crippen MR) is 82.7 cm³/mol. The summed E-state index contributed by atoms with van der Waals surface area (Å²) in [6.07, 6.45) is 0.526. The highest BCUT2D eigenvalue weighted by Gasteiger charge is 2.11. The Morgan fingerprint density at radius 1 is 1.04 bits per heavy atom. The topological polar surface area (TPSA) is 47.6 Å². The van der Waals surface area contributed by atoms with Crippen LogP contribution in [0, 0.1) is 11.6 Å². The number of amides is 1. The van der Waals surface area contributed by atoms with Gasteiger partial charge in [0.05, 0.1) is 13.7 Å². The van der Waals surface area contributed by atoms with Crippen molar-refractivity contribution in [3.63, 3.8) is 0 Å². The minimum atomic E-state index is -0.798. The summed E-state index contributed by atoms with van der Waals surface area (Å²) in [6.45, 7) is 0.319. The molecule has 0 aliphatic carbocycles. The average Bonchev–Trinajstić information content (AvgIpc) is 2.56. The Hall–Kier alpha value is -2.63. The maximum Gasteiger partial charge on any atom is 0.224 e. The zero-order valence-electron chi connectivity index (χ0n) is 12.6.